The van der Waals surface area contributed by atoms with Crippen molar-refractivity contribution in [1.29, 1.82) is 0 Å². The highest BCUT2D eigenvalue weighted by Crippen LogP contribution is 2.30. The second-order valence-corrected chi connectivity index (χ2v) is 3.48. The number of benzene rings is 1. The maximum atomic E-state index is 12.0. The van der Waals surface area contributed by atoms with Crippen LogP contribution in [0.5, 0.6) is 5.75 Å². The molecule has 1 aromatic carbocycles. The number of aliphatic hydroxyl groups is 1. The van der Waals surface area contributed by atoms with Gasteiger partial charge < -0.3 is 15.2 Å². The Morgan fingerprint density at radius 1 is 1.11 bits per heavy atom. The second kappa shape index (κ2) is 5.55. The van der Waals surface area contributed by atoms with Gasteiger partial charge in [-0.1, -0.05) is 12.1 Å². The Kier molecular flexibility index (Phi) is 4.51. The van der Waals surface area contributed by atoms with Crippen molar-refractivity contribution in [3.05, 3.63) is 24.3 Å². The van der Waals surface area contributed by atoms with Crippen LogP contribution >= 0.6 is 0 Å². The number of hydrogen-bond acceptors (Lipinski definition) is 3. The van der Waals surface area contributed by atoms with Crippen molar-refractivity contribution in [3.8, 4) is 5.75 Å². The molecule has 0 radical (unpaired) electrons. The number of anilines is 1. The molecule has 1 aromatic rings. The molecule has 0 heterocycles. The van der Waals surface area contributed by atoms with Gasteiger partial charge in [0.25, 0.3) is 0 Å². The minimum absolute atomic E-state index is 0.303. The molecule has 0 aliphatic rings. The summed E-state index contributed by atoms with van der Waals surface area (Å²) < 4.78 is 75.8. The topological polar surface area (TPSA) is 41.5 Å². The SMILES string of the molecule is OC(CNc1ccccc1OC(F)(F)F)C(F)(F)F. The van der Waals surface area contributed by atoms with Gasteiger partial charge in [0.05, 0.1) is 5.69 Å². The first kappa shape index (κ1) is 15.4. The molecular weight excluding hydrogens is 280 g/mol. The molecule has 0 aliphatic heterocycles. The maximum Gasteiger partial charge on any atom is 0.573 e. The molecule has 19 heavy (non-hydrogen) atoms. The molecule has 0 bridgehead atoms. The first-order valence-electron chi connectivity index (χ1n) is 4.93. The highest BCUT2D eigenvalue weighted by Gasteiger charge is 2.38. The number of halogens is 6. The number of aliphatic hydroxyl groups excluding tert-OH is 1. The summed E-state index contributed by atoms with van der Waals surface area (Å²) in [5.74, 6) is -0.677. The predicted molar refractivity (Wildman–Crippen MR) is 53.7 cm³/mol. The average molecular weight is 289 g/mol. The first-order valence-corrected chi connectivity index (χ1v) is 4.93. The molecule has 0 amide bonds. The molecule has 3 nitrogen and oxygen atoms in total. The highest BCUT2D eigenvalue weighted by molar-refractivity contribution is 5.56. The van der Waals surface area contributed by atoms with Gasteiger partial charge in [0.2, 0.25) is 0 Å². The molecule has 0 aliphatic carbocycles. The molecular formula is C10H9F6NO2. The Labute approximate surface area is 103 Å². The van der Waals surface area contributed by atoms with Crippen LogP contribution in [-0.4, -0.2) is 30.3 Å². The van der Waals surface area contributed by atoms with Crippen LogP contribution < -0.4 is 10.1 Å². The zero-order chi connectivity index (χ0) is 14.7. The van der Waals surface area contributed by atoms with E-state index in [0.717, 1.165) is 12.1 Å². The van der Waals surface area contributed by atoms with Crippen LogP contribution in [0.4, 0.5) is 32.0 Å². The van der Waals surface area contributed by atoms with Crippen molar-refractivity contribution in [3.63, 3.8) is 0 Å². The monoisotopic (exact) mass is 289 g/mol. The lowest BCUT2D eigenvalue weighted by Gasteiger charge is -2.18. The summed E-state index contributed by atoms with van der Waals surface area (Å²) >= 11 is 0. The average Bonchev–Trinajstić information content (AvgIpc) is 2.24. The van der Waals surface area contributed by atoms with E-state index in [2.05, 4.69) is 4.74 Å². The molecule has 108 valence electrons. The van der Waals surface area contributed by atoms with Crippen LogP contribution in [-0.2, 0) is 0 Å². The van der Waals surface area contributed by atoms with E-state index >= 15 is 0 Å². The smallest absolute Gasteiger partial charge is 0.404 e. The Morgan fingerprint density at radius 2 is 1.68 bits per heavy atom. The summed E-state index contributed by atoms with van der Waals surface area (Å²) in [5.41, 5.74) is -0.303. The van der Waals surface area contributed by atoms with Crippen LogP contribution in [0.3, 0.4) is 0 Å². The zero-order valence-electron chi connectivity index (χ0n) is 9.22. The van der Waals surface area contributed by atoms with Crippen molar-refractivity contribution in [2.45, 2.75) is 18.6 Å². The predicted octanol–water partition coefficient (Wildman–Crippen LogP) is 2.92. The highest BCUT2D eigenvalue weighted by atomic mass is 19.4. The van der Waals surface area contributed by atoms with Gasteiger partial charge in [-0.05, 0) is 12.1 Å². The molecule has 0 aromatic heterocycles. The molecule has 0 fully saturated rings. The van der Waals surface area contributed by atoms with Crippen molar-refractivity contribution in [2.24, 2.45) is 0 Å². The molecule has 0 spiro atoms. The van der Waals surface area contributed by atoms with E-state index < -0.39 is 30.9 Å². The summed E-state index contributed by atoms with van der Waals surface area (Å²) in [6, 6.07) is 4.58. The number of para-hydroxylation sites is 2. The Balaban J connectivity index is 2.74. The molecule has 1 unspecified atom stereocenters. The van der Waals surface area contributed by atoms with Crippen LogP contribution in [0.25, 0.3) is 0 Å². The number of nitrogens with one attached hydrogen (secondary N) is 1. The van der Waals surface area contributed by atoms with Gasteiger partial charge in [-0.25, -0.2) is 0 Å². The van der Waals surface area contributed by atoms with Gasteiger partial charge >= 0.3 is 12.5 Å². The number of hydrogen-bond donors (Lipinski definition) is 2. The van der Waals surface area contributed by atoms with Crippen LogP contribution in [0.2, 0.25) is 0 Å². The standard InChI is InChI=1S/C10H9F6NO2/c11-9(12,13)8(18)5-17-6-3-1-2-4-7(6)19-10(14,15)16/h1-4,8,17-18H,5H2. The van der Waals surface area contributed by atoms with E-state index in [4.69, 9.17) is 5.11 Å². The summed E-state index contributed by atoms with van der Waals surface area (Å²) in [6.45, 7) is -0.984. The zero-order valence-corrected chi connectivity index (χ0v) is 9.22. The van der Waals surface area contributed by atoms with Crippen molar-refractivity contribution >= 4 is 5.69 Å². The fourth-order valence-corrected chi connectivity index (χ4v) is 1.15. The van der Waals surface area contributed by atoms with E-state index in [1.54, 1.807) is 0 Å². The lowest BCUT2D eigenvalue weighted by Crippen LogP contribution is -2.35. The van der Waals surface area contributed by atoms with Gasteiger partial charge in [0.15, 0.2) is 11.9 Å². The second-order valence-electron chi connectivity index (χ2n) is 3.48. The Bertz CT molecular complexity index is 417. The van der Waals surface area contributed by atoms with Gasteiger partial charge in [-0.2, -0.15) is 13.2 Å². The minimum Gasteiger partial charge on any atom is -0.404 e. The molecule has 1 rings (SSSR count). The van der Waals surface area contributed by atoms with E-state index in [1.807, 2.05) is 5.32 Å². The molecule has 9 heteroatoms. The van der Waals surface area contributed by atoms with Crippen LogP contribution in [0, 0.1) is 0 Å². The number of alkyl halides is 6. The minimum atomic E-state index is -4.96. The first-order chi connectivity index (χ1) is 8.59. The van der Waals surface area contributed by atoms with E-state index in [9.17, 15) is 26.3 Å². The molecule has 2 N–H and O–H groups in total. The lowest BCUT2D eigenvalue weighted by molar-refractivity contribution is -0.274. The van der Waals surface area contributed by atoms with Crippen LogP contribution in [0.15, 0.2) is 24.3 Å². The Hall–Kier alpha value is -1.64. The third kappa shape index (κ3) is 5.25. The Morgan fingerprint density at radius 3 is 2.21 bits per heavy atom. The fraction of sp³-hybridized carbons (Fsp3) is 0.400. The van der Waals surface area contributed by atoms with Gasteiger partial charge in [0, 0.05) is 6.54 Å². The van der Waals surface area contributed by atoms with Crippen molar-refractivity contribution in [2.75, 3.05) is 11.9 Å². The van der Waals surface area contributed by atoms with E-state index in [-0.39, 0.29) is 5.69 Å². The largest absolute Gasteiger partial charge is 0.573 e. The van der Waals surface area contributed by atoms with Crippen molar-refractivity contribution < 1.29 is 36.2 Å². The molecule has 0 saturated carbocycles. The number of rotatable bonds is 4. The third-order valence-electron chi connectivity index (χ3n) is 1.98. The fourth-order valence-electron chi connectivity index (χ4n) is 1.15. The summed E-state index contributed by atoms with van der Waals surface area (Å²) in [5, 5.41) is 10.8. The third-order valence-corrected chi connectivity index (χ3v) is 1.98. The van der Waals surface area contributed by atoms with Gasteiger partial charge in [0.1, 0.15) is 0 Å². The molecule has 0 saturated heterocycles. The van der Waals surface area contributed by atoms with Crippen molar-refractivity contribution in [1.82, 2.24) is 0 Å². The lowest BCUT2D eigenvalue weighted by atomic mass is 10.2. The summed E-state index contributed by atoms with van der Waals surface area (Å²) in [7, 11) is 0. The summed E-state index contributed by atoms with van der Waals surface area (Å²) in [4.78, 5) is 0. The normalized spacial score (nSPS) is 14.1. The van der Waals surface area contributed by atoms with Gasteiger partial charge in [-0.15, -0.1) is 13.2 Å². The molecule has 1 atom stereocenters. The maximum absolute atomic E-state index is 12.0. The van der Waals surface area contributed by atoms with Crippen LogP contribution in [0.1, 0.15) is 0 Å². The summed E-state index contributed by atoms with van der Waals surface area (Å²) in [6.07, 6.45) is -12.5. The van der Waals surface area contributed by atoms with E-state index in [1.165, 1.54) is 12.1 Å². The van der Waals surface area contributed by atoms with E-state index in [0.29, 0.717) is 0 Å². The quantitative estimate of drug-likeness (QED) is 0.837. The van der Waals surface area contributed by atoms with Gasteiger partial charge in [-0.3, -0.25) is 0 Å². The number of ether oxygens (including phenoxy) is 1.